The molecule has 9 heteroatoms. The van der Waals surface area contributed by atoms with Crippen molar-refractivity contribution < 1.29 is 27.9 Å². The number of carbonyl (C=O) groups is 2. The smallest absolute Gasteiger partial charge is 0.417 e. The maximum Gasteiger partial charge on any atom is 0.417 e. The molecule has 0 unspecified atom stereocenters. The van der Waals surface area contributed by atoms with Crippen LogP contribution >= 0.6 is 0 Å². The first-order valence-electron chi connectivity index (χ1n) is 7.49. The molecule has 2 rings (SSSR count). The lowest BCUT2D eigenvalue weighted by atomic mass is 9.85. The quantitative estimate of drug-likeness (QED) is 0.821. The summed E-state index contributed by atoms with van der Waals surface area (Å²) in [5, 5.41) is 11.5. The fourth-order valence-electron chi connectivity index (χ4n) is 2.66. The van der Waals surface area contributed by atoms with E-state index in [1.165, 1.54) is 0 Å². The molecule has 1 aliphatic carbocycles. The van der Waals surface area contributed by atoms with Crippen molar-refractivity contribution in [2.24, 2.45) is 0 Å². The third-order valence-corrected chi connectivity index (χ3v) is 4.04. The zero-order valence-corrected chi connectivity index (χ0v) is 13.0. The van der Waals surface area contributed by atoms with E-state index < -0.39 is 23.6 Å². The second-order valence-electron chi connectivity index (χ2n) is 5.71. The highest BCUT2D eigenvalue weighted by Crippen LogP contribution is 2.29. The van der Waals surface area contributed by atoms with E-state index in [0.29, 0.717) is 25.6 Å². The minimum absolute atomic E-state index is 0.0519. The van der Waals surface area contributed by atoms with Crippen LogP contribution in [-0.4, -0.2) is 52.0 Å². The molecule has 1 aromatic heterocycles. The van der Waals surface area contributed by atoms with Gasteiger partial charge in [0.1, 0.15) is 0 Å². The van der Waals surface area contributed by atoms with Gasteiger partial charge in [-0.25, -0.2) is 0 Å². The molecule has 0 bridgehead atoms. The molecule has 1 fully saturated rings. The molecule has 1 saturated carbocycles. The van der Waals surface area contributed by atoms with Gasteiger partial charge in [-0.1, -0.05) is 6.92 Å². The van der Waals surface area contributed by atoms with E-state index in [9.17, 15) is 22.8 Å². The Labute approximate surface area is 136 Å². The SMILES string of the molecule is CCN(CC(=O)O)C1CC(NC(=O)c2cncc(C(F)(F)F)c2)C1. The molecule has 0 aromatic carbocycles. The third-order valence-electron chi connectivity index (χ3n) is 4.04. The van der Waals surface area contributed by atoms with Crippen molar-refractivity contribution in [2.75, 3.05) is 13.1 Å². The second-order valence-corrected chi connectivity index (χ2v) is 5.71. The zero-order chi connectivity index (χ0) is 17.9. The van der Waals surface area contributed by atoms with Crippen molar-refractivity contribution in [1.29, 1.82) is 0 Å². The Morgan fingerprint density at radius 1 is 1.38 bits per heavy atom. The third kappa shape index (κ3) is 4.44. The van der Waals surface area contributed by atoms with Crippen LogP contribution in [0.15, 0.2) is 18.5 Å². The van der Waals surface area contributed by atoms with Gasteiger partial charge in [-0.3, -0.25) is 19.5 Å². The highest BCUT2D eigenvalue weighted by Gasteiger charge is 2.35. The molecule has 24 heavy (non-hydrogen) atoms. The molecular weight excluding hydrogens is 327 g/mol. The summed E-state index contributed by atoms with van der Waals surface area (Å²) in [6.07, 6.45) is -1.66. The lowest BCUT2D eigenvalue weighted by molar-refractivity contribution is -0.139. The van der Waals surface area contributed by atoms with E-state index >= 15 is 0 Å². The van der Waals surface area contributed by atoms with Crippen molar-refractivity contribution in [3.05, 3.63) is 29.6 Å². The van der Waals surface area contributed by atoms with Crippen LogP contribution in [0.4, 0.5) is 13.2 Å². The number of aliphatic carboxylic acids is 1. The Kier molecular flexibility index (Phi) is 5.43. The van der Waals surface area contributed by atoms with Gasteiger partial charge in [0.15, 0.2) is 0 Å². The lowest BCUT2D eigenvalue weighted by Gasteiger charge is -2.42. The van der Waals surface area contributed by atoms with Crippen LogP contribution in [0, 0.1) is 0 Å². The molecule has 2 N–H and O–H groups in total. The predicted molar refractivity (Wildman–Crippen MR) is 78.4 cm³/mol. The number of pyridine rings is 1. The first kappa shape index (κ1) is 18.2. The Hall–Kier alpha value is -2.16. The fourth-order valence-corrected chi connectivity index (χ4v) is 2.66. The number of nitrogens with one attached hydrogen (secondary N) is 1. The van der Waals surface area contributed by atoms with Crippen LogP contribution in [0.3, 0.4) is 0 Å². The number of carboxylic acids is 1. The molecule has 1 aliphatic rings. The van der Waals surface area contributed by atoms with Crippen LogP contribution in [0.2, 0.25) is 0 Å². The topological polar surface area (TPSA) is 82.5 Å². The van der Waals surface area contributed by atoms with Crippen LogP contribution in [0.25, 0.3) is 0 Å². The number of carboxylic acid groups (broad SMARTS) is 1. The van der Waals surface area contributed by atoms with E-state index in [-0.39, 0.29) is 24.2 Å². The number of likely N-dealkylation sites (N-methyl/N-ethyl adjacent to an activating group) is 1. The summed E-state index contributed by atoms with van der Waals surface area (Å²) in [5.74, 6) is -1.53. The molecule has 0 spiro atoms. The van der Waals surface area contributed by atoms with Crippen molar-refractivity contribution in [1.82, 2.24) is 15.2 Å². The average molecular weight is 345 g/mol. The van der Waals surface area contributed by atoms with Crippen LogP contribution < -0.4 is 5.32 Å². The average Bonchev–Trinajstić information content (AvgIpc) is 2.47. The van der Waals surface area contributed by atoms with Crippen molar-refractivity contribution in [2.45, 2.75) is 38.0 Å². The predicted octanol–water partition coefficient (Wildman–Crippen LogP) is 1.77. The zero-order valence-electron chi connectivity index (χ0n) is 13.0. The Morgan fingerprint density at radius 2 is 2.04 bits per heavy atom. The van der Waals surface area contributed by atoms with E-state index in [4.69, 9.17) is 5.11 Å². The minimum atomic E-state index is -4.55. The first-order chi connectivity index (χ1) is 11.2. The lowest BCUT2D eigenvalue weighted by Crippen LogP contribution is -2.54. The number of carbonyl (C=O) groups excluding carboxylic acids is 1. The molecule has 1 aromatic rings. The van der Waals surface area contributed by atoms with Crippen LogP contribution in [0.1, 0.15) is 35.7 Å². The molecule has 0 radical (unpaired) electrons. The summed E-state index contributed by atoms with van der Waals surface area (Å²) in [5.41, 5.74) is -1.12. The van der Waals surface area contributed by atoms with Gasteiger partial charge in [-0.2, -0.15) is 13.2 Å². The minimum Gasteiger partial charge on any atom is -0.480 e. The van der Waals surface area contributed by atoms with Gasteiger partial charge in [-0.15, -0.1) is 0 Å². The molecule has 1 amide bonds. The van der Waals surface area contributed by atoms with Crippen LogP contribution in [0.5, 0.6) is 0 Å². The van der Waals surface area contributed by atoms with Crippen molar-refractivity contribution in [3.63, 3.8) is 0 Å². The number of nitrogens with zero attached hydrogens (tertiary/aromatic N) is 2. The number of hydrogen-bond acceptors (Lipinski definition) is 4. The maximum absolute atomic E-state index is 12.6. The largest absolute Gasteiger partial charge is 0.480 e. The van der Waals surface area contributed by atoms with Gasteiger partial charge in [0.2, 0.25) is 0 Å². The van der Waals surface area contributed by atoms with Gasteiger partial charge in [0.25, 0.3) is 5.91 Å². The molecule has 132 valence electrons. The first-order valence-corrected chi connectivity index (χ1v) is 7.49. The second kappa shape index (κ2) is 7.16. The highest BCUT2D eigenvalue weighted by atomic mass is 19.4. The van der Waals surface area contributed by atoms with Gasteiger partial charge >= 0.3 is 12.1 Å². The normalized spacial score (nSPS) is 20.5. The number of aromatic nitrogens is 1. The fraction of sp³-hybridized carbons (Fsp3) is 0.533. The Balaban J connectivity index is 1.90. The van der Waals surface area contributed by atoms with Gasteiger partial charge in [0.05, 0.1) is 17.7 Å². The number of hydrogen-bond donors (Lipinski definition) is 2. The standard InChI is InChI=1S/C15H18F3N3O3/c1-2-21(8-13(22)23)12-4-11(5-12)20-14(24)9-3-10(7-19-6-9)15(16,17)18/h3,6-7,11-12H,2,4-5,8H2,1H3,(H,20,24)(H,22,23). The molecular formula is C15H18F3N3O3. The number of alkyl halides is 3. The van der Waals surface area contributed by atoms with E-state index in [1.807, 2.05) is 6.92 Å². The monoisotopic (exact) mass is 345 g/mol. The summed E-state index contributed by atoms with van der Waals surface area (Å²) >= 11 is 0. The van der Waals surface area contributed by atoms with Crippen molar-refractivity contribution in [3.8, 4) is 0 Å². The highest BCUT2D eigenvalue weighted by molar-refractivity contribution is 5.94. The van der Waals surface area contributed by atoms with Crippen LogP contribution in [-0.2, 0) is 11.0 Å². The van der Waals surface area contributed by atoms with Gasteiger partial charge in [-0.05, 0) is 25.5 Å². The summed E-state index contributed by atoms with van der Waals surface area (Å²) in [7, 11) is 0. The Bertz CT molecular complexity index is 615. The molecule has 0 atom stereocenters. The molecule has 1 heterocycles. The number of amides is 1. The molecule has 0 saturated heterocycles. The van der Waals surface area contributed by atoms with E-state index in [0.717, 1.165) is 12.3 Å². The summed E-state index contributed by atoms with van der Waals surface area (Å²) in [4.78, 5) is 28.0. The molecule has 6 nitrogen and oxygen atoms in total. The summed E-state index contributed by atoms with van der Waals surface area (Å²) in [6, 6.07) is 0.636. The summed E-state index contributed by atoms with van der Waals surface area (Å²) in [6.45, 7) is 2.36. The van der Waals surface area contributed by atoms with E-state index in [2.05, 4.69) is 10.3 Å². The van der Waals surface area contributed by atoms with Gasteiger partial charge in [0, 0.05) is 24.5 Å². The maximum atomic E-state index is 12.6. The van der Waals surface area contributed by atoms with Crippen molar-refractivity contribution >= 4 is 11.9 Å². The van der Waals surface area contributed by atoms with E-state index in [1.54, 1.807) is 4.90 Å². The number of halogens is 3. The van der Waals surface area contributed by atoms with Gasteiger partial charge < -0.3 is 10.4 Å². The number of rotatable bonds is 6. The summed E-state index contributed by atoms with van der Waals surface area (Å²) < 4.78 is 37.9. The molecule has 0 aliphatic heterocycles. The Morgan fingerprint density at radius 3 is 2.58 bits per heavy atom.